The number of hydrogen-bond acceptors (Lipinski definition) is 3. The zero-order valence-electron chi connectivity index (χ0n) is 11.4. The molecule has 0 bridgehead atoms. The van der Waals surface area contributed by atoms with Crippen molar-refractivity contribution in [3.8, 4) is 11.1 Å². The molecule has 0 saturated heterocycles. The van der Waals surface area contributed by atoms with Crippen LogP contribution in [0.2, 0.25) is 0 Å². The van der Waals surface area contributed by atoms with E-state index in [0.717, 1.165) is 16.8 Å². The van der Waals surface area contributed by atoms with E-state index < -0.39 is 0 Å². The lowest BCUT2D eigenvalue weighted by atomic mass is 10.0. The molecule has 1 heterocycles. The van der Waals surface area contributed by atoms with Gasteiger partial charge in [-0.1, -0.05) is 30.3 Å². The van der Waals surface area contributed by atoms with Crippen LogP contribution in [-0.2, 0) is 0 Å². The van der Waals surface area contributed by atoms with E-state index in [0.29, 0.717) is 5.11 Å². The number of rotatable bonds is 3. The highest BCUT2D eigenvalue weighted by molar-refractivity contribution is 7.80. The summed E-state index contributed by atoms with van der Waals surface area (Å²) in [6, 6.07) is 12.2. The SMILES string of the molecule is CNC(=S)N/N=C\c1nccc(-c2ccccc2)c1C. The zero-order chi connectivity index (χ0) is 14.4. The minimum Gasteiger partial charge on any atom is -0.364 e. The first-order valence-corrected chi connectivity index (χ1v) is 6.65. The van der Waals surface area contributed by atoms with E-state index in [1.807, 2.05) is 31.2 Å². The lowest BCUT2D eigenvalue weighted by Gasteiger charge is -2.08. The highest BCUT2D eigenvalue weighted by atomic mass is 32.1. The Bertz CT molecular complexity index is 623. The van der Waals surface area contributed by atoms with Crippen molar-refractivity contribution in [1.29, 1.82) is 0 Å². The molecule has 0 aliphatic carbocycles. The summed E-state index contributed by atoms with van der Waals surface area (Å²) in [5.74, 6) is 0. The molecule has 0 aliphatic rings. The molecule has 0 atom stereocenters. The third-order valence-electron chi connectivity index (χ3n) is 2.91. The summed E-state index contributed by atoms with van der Waals surface area (Å²) in [5, 5.41) is 7.33. The van der Waals surface area contributed by atoms with Crippen molar-refractivity contribution in [2.45, 2.75) is 6.92 Å². The maximum Gasteiger partial charge on any atom is 0.186 e. The number of pyridine rings is 1. The second kappa shape index (κ2) is 6.77. The fourth-order valence-electron chi connectivity index (χ4n) is 1.82. The van der Waals surface area contributed by atoms with E-state index in [4.69, 9.17) is 12.2 Å². The fourth-order valence-corrected chi connectivity index (χ4v) is 1.87. The number of nitrogens with one attached hydrogen (secondary N) is 2. The summed E-state index contributed by atoms with van der Waals surface area (Å²) in [6.45, 7) is 2.03. The van der Waals surface area contributed by atoms with Crippen molar-refractivity contribution in [2.75, 3.05) is 7.05 Å². The first-order chi connectivity index (χ1) is 9.72. The molecule has 102 valence electrons. The molecule has 0 radical (unpaired) electrons. The Morgan fingerprint density at radius 1 is 1.25 bits per heavy atom. The summed E-state index contributed by atoms with van der Waals surface area (Å²) in [6.07, 6.45) is 3.46. The second-order valence-electron chi connectivity index (χ2n) is 4.18. The van der Waals surface area contributed by atoms with Crippen LogP contribution in [0.1, 0.15) is 11.3 Å². The van der Waals surface area contributed by atoms with Crippen molar-refractivity contribution in [3.63, 3.8) is 0 Å². The highest BCUT2D eigenvalue weighted by Crippen LogP contribution is 2.23. The molecule has 2 rings (SSSR count). The maximum absolute atomic E-state index is 4.95. The van der Waals surface area contributed by atoms with Crippen molar-refractivity contribution in [1.82, 2.24) is 15.7 Å². The normalized spacial score (nSPS) is 10.5. The number of thiocarbonyl (C=S) groups is 1. The van der Waals surface area contributed by atoms with Crippen LogP contribution in [0.15, 0.2) is 47.7 Å². The van der Waals surface area contributed by atoms with E-state index in [-0.39, 0.29) is 0 Å². The Balaban J connectivity index is 2.26. The summed E-state index contributed by atoms with van der Waals surface area (Å²) in [4.78, 5) is 4.33. The van der Waals surface area contributed by atoms with Crippen LogP contribution in [0.5, 0.6) is 0 Å². The molecule has 1 aromatic carbocycles. The van der Waals surface area contributed by atoms with Crippen LogP contribution in [-0.4, -0.2) is 23.4 Å². The Morgan fingerprint density at radius 3 is 2.70 bits per heavy atom. The van der Waals surface area contributed by atoms with Crippen molar-refractivity contribution in [3.05, 3.63) is 53.9 Å². The van der Waals surface area contributed by atoms with Crippen molar-refractivity contribution < 1.29 is 0 Å². The average Bonchev–Trinajstić information content (AvgIpc) is 2.49. The number of hydrogen-bond donors (Lipinski definition) is 2. The first-order valence-electron chi connectivity index (χ1n) is 6.24. The average molecular weight is 284 g/mol. The number of benzene rings is 1. The molecule has 1 aromatic heterocycles. The molecule has 4 nitrogen and oxygen atoms in total. The van der Waals surface area contributed by atoms with Crippen LogP contribution in [0, 0.1) is 6.92 Å². The van der Waals surface area contributed by atoms with Gasteiger partial charge in [0.15, 0.2) is 5.11 Å². The van der Waals surface area contributed by atoms with Crippen molar-refractivity contribution >= 4 is 23.5 Å². The Labute approximate surface area is 123 Å². The van der Waals surface area contributed by atoms with E-state index in [2.05, 4.69) is 33.0 Å². The minimum atomic E-state index is 0.470. The van der Waals surface area contributed by atoms with Gasteiger partial charge in [-0.05, 0) is 41.9 Å². The van der Waals surface area contributed by atoms with E-state index in [1.165, 1.54) is 5.56 Å². The summed E-state index contributed by atoms with van der Waals surface area (Å²) < 4.78 is 0. The third kappa shape index (κ3) is 3.39. The quantitative estimate of drug-likeness (QED) is 0.516. The topological polar surface area (TPSA) is 49.3 Å². The largest absolute Gasteiger partial charge is 0.364 e. The van der Waals surface area contributed by atoms with Gasteiger partial charge in [-0.2, -0.15) is 5.10 Å². The summed E-state index contributed by atoms with van der Waals surface area (Å²) in [7, 11) is 1.74. The summed E-state index contributed by atoms with van der Waals surface area (Å²) >= 11 is 4.95. The van der Waals surface area contributed by atoms with Gasteiger partial charge < -0.3 is 5.32 Å². The molecule has 0 saturated carbocycles. The lowest BCUT2D eigenvalue weighted by Crippen LogP contribution is -2.28. The Kier molecular flexibility index (Phi) is 4.79. The number of nitrogens with zero attached hydrogens (tertiary/aromatic N) is 2. The monoisotopic (exact) mass is 284 g/mol. The van der Waals surface area contributed by atoms with Gasteiger partial charge in [-0.3, -0.25) is 10.4 Å². The van der Waals surface area contributed by atoms with Gasteiger partial charge in [-0.25, -0.2) is 0 Å². The van der Waals surface area contributed by atoms with E-state index >= 15 is 0 Å². The van der Waals surface area contributed by atoms with Gasteiger partial charge in [0.05, 0.1) is 11.9 Å². The van der Waals surface area contributed by atoms with Crippen LogP contribution in [0.25, 0.3) is 11.1 Å². The first kappa shape index (κ1) is 14.1. The second-order valence-corrected chi connectivity index (χ2v) is 4.59. The maximum atomic E-state index is 4.95. The molecule has 2 N–H and O–H groups in total. The zero-order valence-corrected chi connectivity index (χ0v) is 12.2. The molecular weight excluding hydrogens is 268 g/mol. The molecule has 0 spiro atoms. The molecule has 0 fully saturated rings. The van der Waals surface area contributed by atoms with Gasteiger partial charge in [0, 0.05) is 13.2 Å². The number of hydrazone groups is 1. The van der Waals surface area contributed by atoms with Gasteiger partial charge in [0.25, 0.3) is 0 Å². The third-order valence-corrected chi connectivity index (χ3v) is 3.20. The lowest BCUT2D eigenvalue weighted by molar-refractivity contribution is 0.980. The van der Waals surface area contributed by atoms with E-state index in [9.17, 15) is 0 Å². The van der Waals surface area contributed by atoms with Crippen molar-refractivity contribution in [2.24, 2.45) is 5.10 Å². The van der Waals surface area contributed by atoms with Crippen LogP contribution in [0.4, 0.5) is 0 Å². The van der Waals surface area contributed by atoms with Gasteiger partial charge in [-0.15, -0.1) is 0 Å². The van der Waals surface area contributed by atoms with E-state index in [1.54, 1.807) is 19.5 Å². The molecule has 5 heteroatoms. The molecular formula is C15H16N4S. The minimum absolute atomic E-state index is 0.470. The van der Waals surface area contributed by atoms with Crippen LogP contribution < -0.4 is 10.7 Å². The molecule has 2 aromatic rings. The molecule has 0 amide bonds. The van der Waals surface area contributed by atoms with Crippen LogP contribution in [0.3, 0.4) is 0 Å². The predicted octanol–water partition coefficient (Wildman–Crippen LogP) is 2.48. The summed E-state index contributed by atoms with van der Waals surface area (Å²) in [5.41, 5.74) is 6.94. The highest BCUT2D eigenvalue weighted by Gasteiger charge is 2.05. The molecule has 20 heavy (non-hydrogen) atoms. The Hall–Kier alpha value is -2.27. The predicted molar refractivity (Wildman–Crippen MR) is 86.8 cm³/mol. The Morgan fingerprint density at radius 2 is 2.00 bits per heavy atom. The smallest absolute Gasteiger partial charge is 0.186 e. The fraction of sp³-hybridized carbons (Fsp3) is 0.133. The standard InChI is InChI=1S/C15H16N4S/c1-11-13(12-6-4-3-5-7-12)8-9-17-14(11)10-18-19-15(20)16-2/h3-10H,1-2H3,(H2,16,19,20)/b18-10-. The van der Waals surface area contributed by atoms with Gasteiger partial charge >= 0.3 is 0 Å². The van der Waals surface area contributed by atoms with Crippen LogP contribution >= 0.6 is 12.2 Å². The van der Waals surface area contributed by atoms with Gasteiger partial charge in [0.1, 0.15) is 0 Å². The molecule has 0 aliphatic heterocycles. The molecule has 0 unspecified atom stereocenters. The van der Waals surface area contributed by atoms with Gasteiger partial charge in [0.2, 0.25) is 0 Å². The number of aromatic nitrogens is 1.